The second-order valence-corrected chi connectivity index (χ2v) is 3.67. The van der Waals surface area contributed by atoms with Gasteiger partial charge in [-0.3, -0.25) is 9.48 Å². The average Bonchev–Trinajstić information content (AvgIpc) is 2.43. The molecule has 1 unspecified atom stereocenters. The predicted octanol–water partition coefficient (Wildman–Crippen LogP) is 0.713. The summed E-state index contributed by atoms with van der Waals surface area (Å²) in [6.45, 7) is 5.65. The quantitative estimate of drug-likeness (QED) is 0.771. The van der Waals surface area contributed by atoms with Crippen molar-refractivity contribution in [3.63, 3.8) is 0 Å². The fraction of sp³-hybridized carbons (Fsp3) is 0.600. The summed E-state index contributed by atoms with van der Waals surface area (Å²) >= 11 is 0. The maximum absolute atomic E-state index is 11.6. The molecule has 0 aliphatic carbocycles. The molecule has 84 valence electrons. The lowest BCUT2D eigenvalue weighted by molar-refractivity contribution is -0.117. The van der Waals surface area contributed by atoms with Gasteiger partial charge in [-0.15, -0.1) is 0 Å². The van der Waals surface area contributed by atoms with E-state index in [0.717, 1.165) is 17.1 Å². The van der Waals surface area contributed by atoms with E-state index in [9.17, 15) is 4.79 Å². The summed E-state index contributed by atoms with van der Waals surface area (Å²) in [5, 5.41) is 7.01. The molecule has 0 bridgehead atoms. The Kier molecular flexibility index (Phi) is 3.47. The normalized spacial score (nSPS) is 12.6. The predicted molar refractivity (Wildman–Crippen MR) is 59.6 cm³/mol. The lowest BCUT2D eigenvalue weighted by atomic mass is 10.2. The van der Waals surface area contributed by atoms with Crippen LogP contribution in [0.4, 0.5) is 5.69 Å². The molecule has 0 saturated heterocycles. The maximum Gasteiger partial charge on any atom is 0.241 e. The van der Waals surface area contributed by atoms with E-state index in [-0.39, 0.29) is 5.91 Å². The molecule has 0 aliphatic rings. The van der Waals surface area contributed by atoms with Gasteiger partial charge in [0, 0.05) is 7.05 Å². The molecule has 0 aromatic carbocycles. The molecule has 5 heteroatoms. The van der Waals surface area contributed by atoms with Crippen molar-refractivity contribution in [2.24, 2.45) is 12.8 Å². The first-order valence-electron chi connectivity index (χ1n) is 5.04. The lowest BCUT2D eigenvalue weighted by Crippen LogP contribution is -2.35. The van der Waals surface area contributed by atoms with Gasteiger partial charge in [0.05, 0.1) is 23.1 Å². The van der Waals surface area contributed by atoms with Crippen LogP contribution in [0.1, 0.15) is 24.7 Å². The molecule has 0 saturated carbocycles. The largest absolute Gasteiger partial charge is 0.322 e. The van der Waals surface area contributed by atoms with Crippen LogP contribution in [-0.2, 0) is 11.8 Å². The number of aryl methyl sites for hydroxylation is 2. The SMILES string of the molecule is CCC(N)C(=O)Nc1c(C)nn(C)c1C. The Morgan fingerprint density at radius 2 is 2.20 bits per heavy atom. The molecule has 1 rings (SSSR count). The number of nitrogens with one attached hydrogen (secondary N) is 1. The second kappa shape index (κ2) is 4.44. The van der Waals surface area contributed by atoms with E-state index in [2.05, 4.69) is 10.4 Å². The third-order valence-corrected chi connectivity index (χ3v) is 2.53. The molecule has 1 heterocycles. The molecule has 3 N–H and O–H groups in total. The van der Waals surface area contributed by atoms with Crippen LogP contribution >= 0.6 is 0 Å². The van der Waals surface area contributed by atoms with E-state index >= 15 is 0 Å². The standard InChI is InChI=1S/C10H18N4O/c1-5-8(11)10(15)12-9-6(2)13-14(4)7(9)3/h8H,5,11H2,1-4H3,(H,12,15). The van der Waals surface area contributed by atoms with E-state index in [1.807, 2.05) is 27.8 Å². The van der Waals surface area contributed by atoms with Gasteiger partial charge in [0.15, 0.2) is 0 Å². The van der Waals surface area contributed by atoms with E-state index in [4.69, 9.17) is 5.73 Å². The summed E-state index contributed by atoms with van der Waals surface area (Å²) in [6, 6.07) is -0.455. The van der Waals surface area contributed by atoms with Crippen molar-refractivity contribution in [3.05, 3.63) is 11.4 Å². The zero-order valence-corrected chi connectivity index (χ0v) is 9.66. The van der Waals surface area contributed by atoms with E-state index in [0.29, 0.717) is 6.42 Å². The highest BCUT2D eigenvalue weighted by atomic mass is 16.2. The summed E-state index contributed by atoms with van der Waals surface area (Å²) in [7, 11) is 1.84. The molecule has 15 heavy (non-hydrogen) atoms. The highest BCUT2D eigenvalue weighted by Crippen LogP contribution is 2.18. The number of carbonyl (C=O) groups excluding carboxylic acids is 1. The smallest absolute Gasteiger partial charge is 0.241 e. The summed E-state index contributed by atoms with van der Waals surface area (Å²) in [5.41, 5.74) is 8.15. The zero-order chi connectivity index (χ0) is 11.6. The molecule has 0 aliphatic heterocycles. The van der Waals surface area contributed by atoms with Crippen LogP contribution in [0.25, 0.3) is 0 Å². The fourth-order valence-corrected chi connectivity index (χ4v) is 1.36. The lowest BCUT2D eigenvalue weighted by Gasteiger charge is -2.10. The van der Waals surface area contributed by atoms with Gasteiger partial charge in [0.1, 0.15) is 0 Å². The Morgan fingerprint density at radius 3 is 2.60 bits per heavy atom. The van der Waals surface area contributed by atoms with Crippen molar-refractivity contribution >= 4 is 11.6 Å². The number of hydrogen-bond acceptors (Lipinski definition) is 3. The van der Waals surface area contributed by atoms with Crippen LogP contribution < -0.4 is 11.1 Å². The number of hydrogen-bond donors (Lipinski definition) is 2. The number of nitrogens with zero attached hydrogens (tertiary/aromatic N) is 2. The van der Waals surface area contributed by atoms with Gasteiger partial charge in [0.25, 0.3) is 0 Å². The van der Waals surface area contributed by atoms with Gasteiger partial charge in [-0.25, -0.2) is 0 Å². The summed E-state index contributed by atoms with van der Waals surface area (Å²) in [4.78, 5) is 11.6. The monoisotopic (exact) mass is 210 g/mol. The Bertz CT molecular complexity index is 370. The maximum atomic E-state index is 11.6. The Labute approximate surface area is 89.6 Å². The van der Waals surface area contributed by atoms with E-state index in [1.165, 1.54) is 0 Å². The second-order valence-electron chi connectivity index (χ2n) is 3.67. The van der Waals surface area contributed by atoms with Crippen LogP contribution in [-0.4, -0.2) is 21.7 Å². The van der Waals surface area contributed by atoms with Gasteiger partial charge in [-0.1, -0.05) is 6.92 Å². The minimum atomic E-state index is -0.455. The van der Waals surface area contributed by atoms with Gasteiger partial charge in [0.2, 0.25) is 5.91 Å². The van der Waals surface area contributed by atoms with Crippen LogP contribution in [0, 0.1) is 13.8 Å². The number of carbonyl (C=O) groups is 1. The molecule has 0 fully saturated rings. The van der Waals surface area contributed by atoms with Crippen LogP contribution in [0.2, 0.25) is 0 Å². The molecule has 1 aromatic rings. The van der Waals surface area contributed by atoms with Gasteiger partial charge < -0.3 is 11.1 Å². The highest BCUT2D eigenvalue weighted by molar-refractivity contribution is 5.95. The van der Waals surface area contributed by atoms with Crippen LogP contribution in [0.3, 0.4) is 0 Å². The molecule has 5 nitrogen and oxygen atoms in total. The molecule has 1 atom stereocenters. The van der Waals surface area contributed by atoms with Crippen molar-refractivity contribution in [2.75, 3.05) is 5.32 Å². The van der Waals surface area contributed by atoms with Crippen LogP contribution in [0.15, 0.2) is 0 Å². The van der Waals surface area contributed by atoms with E-state index in [1.54, 1.807) is 4.68 Å². The van der Waals surface area contributed by atoms with Crippen molar-refractivity contribution in [1.29, 1.82) is 0 Å². The first-order chi connectivity index (χ1) is 6.97. The van der Waals surface area contributed by atoms with Crippen molar-refractivity contribution in [3.8, 4) is 0 Å². The zero-order valence-electron chi connectivity index (χ0n) is 9.66. The Morgan fingerprint density at radius 1 is 1.60 bits per heavy atom. The minimum absolute atomic E-state index is 0.156. The molecule has 0 spiro atoms. The number of rotatable bonds is 3. The number of amides is 1. The third-order valence-electron chi connectivity index (χ3n) is 2.53. The Balaban J connectivity index is 2.85. The van der Waals surface area contributed by atoms with Gasteiger partial charge in [-0.05, 0) is 20.3 Å². The highest BCUT2D eigenvalue weighted by Gasteiger charge is 2.16. The topological polar surface area (TPSA) is 72.9 Å². The van der Waals surface area contributed by atoms with Gasteiger partial charge >= 0.3 is 0 Å². The van der Waals surface area contributed by atoms with Crippen molar-refractivity contribution < 1.29 is 4.79 Å². The summed E-state index contributed by atoms with van der Waals surface area (Å²) < 4.78 is 1.74. The molecular formula is C10H18N4O. The number of aromatic nitrogens is 2. The molecule has 1 amide bonds. The summed E-state index contributed by atoms with van der Waals surface area (Å²) in [5.74, 6) is -0.156. The number of nitrogens with two attached hydrogens (primary N) is 1. The minimum Gasteiger partial charge on any atom is -0.322 e. The first kappa shape index (κ1) is 11.7. The Hall–Kier alpha value is -1.36. The van der Waals surface area contributed by atoms with Crippen LogP contribution in [0.5, 0.6) is 0 Å². The first-order valence-corrected chi connectivity index (χ1v) is 5.04. The average molecular weight is 210 g/mol. The van der Waals surface area contributed by atoms with Crippen molar-refractivity contribution in [2.45, 2.75) is 33.2 Å². The third kappa shape index (κ3) is 2.36. The fourth-order valence-electron chi connectivity index (χ4n) is 1.36. The number of anilines is 1. The van der Waals surface area contributed by atoms with Crippen molar-refractivity contribution in [1.82, 2.24) is 9.78 Å². The molecule has 0 radical (unpaired) electrons. The van der Waals surface area contributed by atoms with E-state index < -0.39 is 6.04 Å². The molecule has 1 aromatic heterocycles. The summed E-state index contributed by atoms with van der Waals surface area (Å²) in [6.07, 6.45) is 0.629. The molecular weight excluding hydrogens is 192 g/mol. The van der Waals surface area contributed by atoms with Gasteiger partial charge in [-0.2, -0.15) is 5.10 Å².